The van der Waals surface area contributed by atoms with Crippen LogP contribution in [0.25, 0.3) is 11.1 Å². The zero-order valence-corrected chi connectivity index (χ0v) is 28.9. The summed E-state index contributed by atoms with van der Waals surface area (Å²) in [7, 11) is 0. The molecule has 0 saturated heterocycles. The fourth-order valence-electron chi connectivity index (χ4n) is 6.99. The highest BCUT2D eigenvalue weighted by Gasteiger charge is 2.28. The SMILES string of the molecule is CCCCC[C@H]1CC[C@H](CCCCc2cc(NC(CC)C[C@@H](F)C(=O)Oc3ccc(C(=O)O)cc3[N+](=O)[O-])ccc2-c2ccccc2)CC1. The summed E-state index contributed by atoms with van der Waals surface area (Å²) in [5, 5.41) is 24.0. The van der Waals surface area contributed by atoms with Gasteiger partial charge in [0.25, 0.3) is 0 Å². The van der Waals surface area contributed by atoms with Crippen LogP contribution in [-0.2, 0) is 11.2 Å². The molecule has 0 heterocycles. The van der Waals surface area contributed by atoms with Gasteiger partial charge in [-0.3, -0.25) is 10.1 Å². The molecule has 2 atom stereocenters. The number of nitrogens with one attached hydrogen (secondary N) is 1. The number of nitro benzene ring substituents is 1. The third-order valence-corrected chi connectivity index (χ3v) is 9.90. The Morgan fingerprint density at radius 3 is 2.22 bits per heavy atom. The molecule has 1 unspecified atom stereocenters. The maximum Gasteiger partial charge on any atom is 0.346 e. The standard InChI is InChI=1S/C40H51FN2O6/c1-3-5-7-12-28-17-19-29(20-18-28)13-10-11-16-31-25-34(22-23-35(31)30-14-8-6-9-15-30)42-33(4-2)27-36(41)40(46)49-38-24-21-32(39(44)45)26-37(38)43(47)48/h6,8-9,14-15,21-26,28-29,33,36,42H,3-5,7,10-13,16-20,27H2,1-2H3,(H,44,45)/t28-,29-,33?,36-/m1/s1. The van der Waals surface area contributed by atoms with Crippen molar-refractivity contribution in [2.24, 2.45) is 11.8 Å². The Kier molecular flexibility index (Phi) is 14.6. The molecule has 0 bridgehead atoms. The largest absolute Gasteiger partial charge is 0.478 e. The fourth-order valence-corrected chi connectivity index (χ4v) is 6.99. The average Bonchev–Trinajstić information content (AvgIpc) is 3.11. The molecule has 1 fully saturated rings. The van der Waals surface area contributed by atoms with Gasteiger partial charge < -0.3 is 15.2 Å². The number of rotatable bonds is 19. The maximum absolute atomic E-state index is 15.2. The van der Waals surface area contributed by atoms with Gasteiger partial charge in [-0.15, -0.1) is 0 Å². The number of alkyl halides is 1. The Balaban J connectivity index is 1.35. The van der Waals surface area contributed by atoms with E-state index in [-0.39, 0.29) is 12.0 Å². The first-order chi connectivity index (χ1) is 23.7. The third-order valence-electron chi connectivity index (χ3n) is 9.90. The van der Waals surface area contributed by atoms with E-state index in [9.17, 15) is 19.7 Å². The highest BCUT2D eigenvalue weighted by Crippen LogP contribution is 2.35. The number of esters is 1. The van der Waals surface area contributed by atoms with E-state index in [2.05, 4.69) is 36.5 Å². The molecular weight excluding hydrogens is 623 g/mol. The molecule has 3 aromatic rings. The van der Waals surface area contributed by atoms with Gasteiger partial charge >= 0.3 is 17.6 Å². The maximum atomic E-state index is 15.2. The van der Waals surface area contributed by atoms with Gasteiger partial charge in [-0.05, 0) is 72.1 Å². The van der Waals surface area contributed by atoms with Crippen LogP contribution in [0.4, 0.5) is 15.8 Å². The number of nitro groups is 1. The predicted molar refractivity (Wildman–Crippen MR) is 192 cm³/mol. The first-order valence-corrected chi connectivity index (χ1v) is 18.0. The number of nitrogens with zero attached hydrogens (tertiary/aromatic N) is 1. The van der Waals surface area contributed by atoms with Crippen LogP contribution in [-0.4, -0.2) is 34.2 Å². The van der Waals surface area contributed by atoms with Crippen LogP contribution >= 0.6 is 0 Å². The number of aromatic carboxylic acids is 1. The number of carboxylic acid groups (broad SMARTS) is 1. The van der Waals surface area contributed by atoms with Gasteiger partial charge in [0.1, 0.15) is 0 Å². The van der Waals surface area contributed by atoms with Crippen molar-refractivity contribution in [3.8, 4) is 16.9 Å². The van der Waals surface area contributed by atoms with E-state index in [4.69, 9.17) is 9.84 Å². The molecule has 1 saturated carbocycles. The molecule has 9 heteroatoms. The number of carbonyl (C=O) groups excluding carboxylic acids is 1. The number of aryl methyl sites for hydroxylation is 1. The van der Waals surface area contributed by atoms with Gasteiger partial charge in [0.05, 0.1) is 10.5 Å². The third kappa shape index (κ3) is 11.4. The second kappa shape index (κ2) is 19.1. The molecular formula is C40H51FN2O6. The number of benzene rings is 3. The summed E-state index contributed by atoms with van der Waals surface area (Å²) in [6.45, 7) is 4.16. The quantitative estimate of drug-likeness (QED) is 0.0427. The van der Waals surface area contributed by atoms with Gasteiger partial charge in [-0.25, -0.2) is 14.0 Å². The van der Waals surface area contributed by atoms with Crippen LogP contribution < -0.4 is 10.1 Å². The van der Waals surface area contributed by atoms with Gasteiger partial charge in [0, 0.05) is 24.2 Å². The second-order valence-corrected chi connectivity index (χ2v) is 13.5. The van der Waals surface area contributed by atoms with Crippen molar-refractivity contribution in [3.63, 3.8) is 0 Å². The van der Waals surface area contributed by atoms with E-state index in [1.165, 1.54) is 75.3 Å². The lowest BCUT2D eigenvalue weighted by Gasteiger charge is -2.28. The zero-order valence-electron chi connectivity index (χ0n) is 28.9. The Bertz CT molecular complexity index is 1520. The first kappa shape index (κ1) is 37.5. The monoisotopic (exact) mass is 674 g/mol. The van der Waals surface area contributed by atoms with Crippen LogP contribution in [0, 0.1) is 22.0 Å². The highest BCUT2D eigenvalue weighted by atomic mass is 19.1. The van der Waals surface area contributed by atoms with Crippen molar-refractivity contribution in [3.05, 3.63) is 88.0 Å². The Labute approximate surface area is 289 Å². The summed E-state index contributed by atoms with van der Waals surface area (Å²) in [4.78, 5) is 34.4. The molecule has 8 nitrogen and oxygen atoms in total. The molecule has 0 amide bonds. The second-order valence-electron chi connectivity index (χ2n) is 13.5. The molecule has 3 aromatic carbocycles. The molecule has 49 heavy (non-hydrogen) atoms. The highest BCUT2D eigenvalue weighted by molar-refractivity contribution is 5.89. The molecule has 0 radical (unpaired) electrons. The van der Waals surface area contributed by atoms with Crippen LogP contribution in [0.15, 0.2) is 66.7 Å². The Hall–Kier alpha value is -4.27. The normalized spacial score (nSPS) is 17.2. The number of anilines is 1. The molecule has 264 valence electrons. The summed E-state index contributed by atoms with van der Waals surface area (Å²) in [6, 6.07) is 18.9. The first-order valence-electron chi connectivity index (χ1n) is 18.0. The summed E-state index contributed by atoms with van der Waals surface area (Å²) in [5.41, 5.74) is 3.32. The van der Waals surface area contributed by atoms with Crippen LogP contribution in [0.5, 0.6) is 5.75 Å². The summed E-state index contributed by atoms with van der Waals surface area (Å²) in [6.07, 6.45) is 13.7. The molecule has 0 aliphatic heterocycles. The summed E-state index contributed by atoms with van der Waals surface area (Å²) < 4.78 is 20.2. The van der Waals surface area contributed by atoms with E-state index < -0.39 is 40.5 Å². The number of carboxylic acids is 1. The van der Waals surface area contributed by atoms with Crippen molar-refractivity contribution in [1.29, 1.82) is 0 Å². The van der Waals surface area contributed by atoms with Crippen molar-refractivity contribution in [2.75, 3.05) is 5.32 Å². The predicted octanol–water partition coefficient (Wildman–Crippen LogP) is 10.6. The number of ether oxygens (including phenoxy) is 1. The molecule has 0 spiro atoms. The minimum absolute atomic E-state index is 0.201. The number of hydrogen-bond acceptors (Lipinski definition) is 6. The van der Waals surface area contributed by atoms with Gasteiger partial charge in [0.15, 0.2) is 6.17 Å². The molecule has 2 N–H and O–H groups in total. The van der Waals surface area contributed by atoms with Gasteiger partial charge in [0.2, 0.25) is 5.75 Å². The minimum atomic E-state index is -2.05. The Morgan fingerprint density at radius 1 is 0.939 bits per heavy atom. The van der Waals surface area contributed by atoms with Crippen molar-refractivity contribution >= 4 is 23.3 Å². The van der Waals surface area contributed by atoms with Crippen molar-refractivity contribution in [1.82, 2.24) is 0 Å². The average molecular weight is 675 g/mol. The molecule has 4 rings (SSSR count). The van der Waals surface area contributed by atoms with Gasteiger partial charge in [-0.2, -0.15) is 0 Å². The lowest BCUT2D eigenvalue weighted by Crippen LogP contribution is -2.30. The summed E-state index contributed by atoms with van der Waals surface area (Å²) >= 11 is 0. The smallest absolute Gasteiger partial charge is 0.346 e. The van der Waals surface area contributed by atoms with Crippen molar-refractivity contribution in [2.45, 2.75) is 116 Å². The fraction of sp³-hybridized carbons (Fsp3) is 0.500. The van der Waals surface area contributed by atoms with Crippen LogP contribution in [0.1, 0.15) is 113 Å². The zero-order chi connectivity index (χ0) is 35.2. The summed E-state index contributed by atoms with van der Waals surface area (Å²) in [5.74, 6) is -1.37. The number of halogens is 1. The van der Waals surface area contributed by atoms with E-state index in [1.807, 2.05) is 31.2 Å². The van der Waals surface area contributed by atoms with Crippen LogP contribution in [0.2, 0.25) is 0 Å². The van der Waals surface area contributed by atoms with Crippen molar-refractivity contribution < 1.29 is 28.7 Å². The molecule has 1 aliphatic carbocycles. The number of hydrogen-bond donors (Lipinski definition) is 2. The topological polar surface area (TPSA) is 119 Å². The number of unbranched alkanes of at least 4 members (excludes halogenated alkanes) is 3. The van der Waals surface area contributed by atoms with E-state index in [0.717, 1.165) is 54.1 Å². The lowest BCUT2D eigenvalue weighted by atomic mass is 9.78. The lowest BCUT2D eigenvalue weighted by molar-refractivity contribution is -0.385. The van der Waals surface area contributed by atoms with Gasteiger partial charge in [-0.1, -0.05) is 114 Å². The Morgan fingerprint density at radius 2 is 1.61 bits per heavy atom. The van der Waals surface area contributed by atoms with E-state index in [1.54, 1.807) is 0 Å². The van der Waals surface area contributed by atoms with E-state index in [0.29, 0.717) is 6.42 Å². The minimum Gasteiger partial charge on any atom is -0.478 e. The molecule has 0 aromatic heterocycles. The van der Waals surface area contributed by atoms with Crippen LogP contribution in [0.3, 0.4) is 0 Å². The number of carbonyl (C=O) groups is 2. The molecule has 1 aliphatic rings. The van der Waals surface area contributed by atoms with E-state index >= 15 is 4.39 Å².